The SMILES string of the molecule is CC(C)N(C(=O)C(C#N)=Cc1cccc(C(F)(F)F)c1)c1ccc2nc(S)sc2c1. The second-order valence-electron chi connectivity index (χ2n) is 6.71. The summed E-state index contributed by atoms with van der Waals surface area (Å²) in [4.78, 5) is 18.8. The quantitative estimate of drug-likeness (QED) is 0.305. The average Bonchev–Trinajstić information content (AvgIpc) is 3.04. The number of carbonyl (C=O) groups is 1. The van der Waals surface area contributed by atoms with Crippen LogP contribution in [0.15, 0.2) is 52.4 Å². The molecule has 30 heavy (non-hydrogen) atoms. The highest BCUT2D eigenvalue weighted by Crippen LogP contribution is 2.31. The first-order chi connectivity index (χ1) is 14.1. The molecule has 0 saturated heterocycles. The molecule has 0 aliphatic heterocycles. The van der Waals surface area contributed by atoms with E-state index < -0.39 is 17.6 Å². The van der Waals surface area contributed by atoms with Gasteiger partial charge in [-0.25, -0.2) is 4.98 Å². The first kappa shape index (κ1) is 21.9. The molecule has 1 heterocycles. The van der Waals surface area contributed by atoms with Crippen LogP contribution >= 0.6 is 24.0 Å². The lowest BCUT2D eigenvalue weighted by atomic mass is 10.1. The van der Waals surface area contributed by atoms with Crippen LogP contribution in [0.1, 0.15) is 25.0 Å². The molecule has 0 unspecified atom stereocenters. The highest BCUT2D eigenvalue weighted by Gasteiger charge is 2.30. The summed E-state index contributed by atoms with van der Waals surface area (Å²) in [5, 5.41) is 9.53. The monoisotopic (exact) mass is 447 g/mol. The molecule has 0 fully saturated rings. The van der Waals surface area contributed by atoms with E-state index in [1.807, 2.05) is 6.07 Å². The standard InChI is InChI=1S/C21H16F3N3OS2/c1-12(2)27(16-6-7-17-18(10-16)30-20(29)26-17)19(28)14(11-25)8-13-4-3-5-15(9-13)21(22,23)24/h3-10,12H,1-2H3,(H,26,29). The number of anilines is 1. The lowest BCUT2D eigenvalue weighted by Crippen LogP contribution is -2.37. The van der Waals surface area contributed by atoms with Crippen molar-refractivity contribution in [3.8, 4) is 6.07 Å². The minimum atomic E-state index is -4.51. The maximum atomic E-state index is 13.1. The van der Waals surface area contributed by atoms with E-state index >= 15 is 0 Å². The van der Waals surface area contributed by atoms with E-state index in [1.165, 1.54) is 34.4 Å². The fourth-order valence-corrected chi connectivity index (χ4v) is 4.09. The molecule has 4 nitrogen and oxygen atoms in total. The van der Waals surface area contributed by atoms with Gasteiger partial charge in [-0.15, -0.1) is 24.0 Å². The number of nitriles is 1. The summed E-state index contributed by atoms with van der Waals surface area (Å²) in [7, 11) is 0. The maximum absolute atomic E-state index is 13.1. The van der Waals surface area contributed by atoms with Gasteiger partial charge in [0.05, 0.1) is 15.8 Å². The van der Waals surface area contributed by atoms with Crippen molar-refractivity contribution in [2.24, 2.45) is 0 Å². The summed E-state index contributed by atoms with van der Waals surface area (Å²) in [6, 6.07) is 11.3. The number of amides is 1. The van der Waals surface area contributed by atoms with Gasteiger partial charge in [-0.3, -0.25) is 4.79 Å². The lowest BCUT2D eigenvalue weighted by Gasteiger charge is -2.26. The topological polar surface area (TPSA) is 57.0 Å². The number of aromatic nitrogens is 1. The van der Waals surface area contributed by atoms with Crippen molar-refractivity contribution in [3.05, 3.63) is 59.2 Å². The van der Waals surface area contributed by atoms with Gasteiger partial charge in [0.2, 0.25) is 0 Å². The fourth-order valence-electron chi connectivity index (χ4n) is 2.94. The van der Waals surface area contributed by atoms with Gasteiger partial charge in [-0.05, 0) is 55.8 Å². The molecule has 0 N–H and O–H groups in total. The molecule has 2 aromatic carbocycles. The zero-order valence-corrected chi connectivity index (χ0v) is 17.6. The maximum Gasteiger partial charge on any atom is 0.416 e. The summed E-state index contributed by atoms with van der Waals surface area (Å²) >= 11 is 5.59. The Morgan fingerprint density at radius 3 is 2.63 bits per heavy atom. The largest absolute Gasteiger partial charge is 0.416 e. The van der Waals surface area contributed by atoms with Crippen molar-refractivity contribution in [1.82, 2.24) is 4.98 Å². The van der Waals surface area contributed by atoms with E-state index in [4.69, 9.17) is 0 Å². The van der Waals surface area contributed by atoms with Crippen LogP contribution in [-0.4, -0.2) is 16.9 Å². The molecule has 0 spiro atoms. The molecule has 1 aromatic heterocycles. The van der Waals surface area contributed by atoms with Crippen molar-refractivity contribution in [2.45, 2.75) is 30.4 Å². The number of thiol groups is 1. The second kappa shape index (κ2) is 8.50. The normalized spacial score (nSPS) is 12.3. The molecular weight excluding hydrogens is 431 g/mol. The summed E-state index contributed by atoms with van der Waals surface area (Å²) in [5.74, 6) is -0.597. The van der Waals surface area contributed by atoms with Crippen LogP contribution in [0.5, 0.6) is 0 Å². The minimum absolute atomic E-state index is 0.121. The van der Waals surface area contributed by atoms with Gasteiger partial charge in [0.1, 0.15) is 16.0 Å². The van der Waals surface area contributed by atoms with E-state index in [-0.39, 0.29) is 17.2 Å². The number of hydrogen-bond donors (Lipinski definition) is 1. The van der Waals surface area contributed by atoms with E-state index in [0.717, 1.165) is 22.3 Å². The molecule has 9 heteroatoms. The van der Waals surface area contributed by atoms with Crippen molar-refractivity contribution < 1.29 is 18.0 Å². The predicted octanol–water partition coefficient (Wildman–Crippen LogP) is 5.95. The number of fused-ring (bicyclic) bond motifs is 1. The third kappa shape index (κ3) is 4.66. The Balaban J connectivity index is 2.01. The van der Waals surface area contributed by atoms with Gasteiger partial charge in [-0.2, -0.15) is 18.4 Å². The number of carbonyl (C=O) groups excluding carboxylic acids is 1. The third-order valence-corrected chi connectivity index (χ3v) is 5.44. The van der Waals surface area contributed by atoms with Crippen LogP contribution in [-0.2, 0) is 11.0 Å². The molecule has 154 valence electrons. The van der Waals surface area contributed by atoms with Crippen LogP contribution in [0.4, 0.5) is 18.9 Å². The molecule has 0 aliphatic carbocycles. The van der Waals surface area contributed by atoms with Crippen molar-refractivity contribution in [2.75, 3.05) is 4.90 Å². The first-order valence-corrected chi connectivity index (χ1v) is 10.1. The molecule has 3 rings (SSSR count). The Hall–Kier alpha value is -2.83. The van der Waals surface area contributed by atoms with E-state index in [1.54, 1.807) is 32.0 Å². The van der Waals surface area contributed by atoms with Gasteiger partial charge in [0.25, 0.3) is 5.91 Å². The molecule has 0 atom stereocenters. The summed E-state index contributed by atoms with van der Waals surface area (Å²) in [5.41, 5.74) is 0.313. The van der Waals surface area contributed by atoms with Crippen LogP contribution in [0, 0.1) is 11.3 Å². The van der Waals surface area contributed by atoms with Gasteiger partial charge < -0.3 is 4.90 Å². The van der Waals surface area contributed by atoms with Crippen LogP contribution in [0.2, 0.25) is 0 Å². The molecule has 0 radical (unpaired) electrons. The summed E-state index contributed by atoms with van der Waals surface area (Å²) < 4.78 is 40.3. The zero-order valence-electron chi connectivity index (χ0n) is 15.9. The number of rotatable bonds is 4. The highest BCUT2D eigenvalue weighted by atomic mass is 32.2. The lowest BCUT2D eigenvalue weighted by molar-refractivity contribution is -0.137. The highest BCUT2D eigenvalue weighted by molar-refractivity contribution is 7.82. The van der Waals surface area contributed by atoms with Gasteiger partial charge in [-0.1, -0.05) is 12.1 Å². The van der Waals surface area contributed by atoms with Crippen LogP contribution < -0.4 is 4.90 Å². The Kier molecular flexibility index (Phi) is 6.19. The number of benzene rings is 2. The van der Waals surface area contributed by atoms with Gasteiger partial charge in [0.15, 0.2) is 0 Å². The number of nitrogens with zero attached hydrogens (tertiary/aromatic N) is 3. The Morgan fingerprint density at radius 1 is 1.27 bits per heavy atom. The van der Waals surface area contributed by atoms with Crippen molar-refractivity contribution in [3.63, 3.8) is 0 Å². The van der Waals surface area contributed by atoms with Crippen LogP contribution in [0.25, 0.3) is 16.3 Å². The summed E-state index contributed by atoms with van der Waals surface area (Å²) in [6.45, 7) is 3.58. The number of hydrogen-bond acceptors (Lipinski definition) is 5. The third-order valence-electron chi connectivity index (χ3n) is 4.25. The zero-order chi connectivity index (χ0) is 22.1. The van der Waals surface area contributed by atoms with Crippen LogP contribution in [0.3, 0.4) is 0 Å². The van der Waals surface area contributed by atoms with Crippen molar-refractivity contribution in [1.29, 1.82) is 5.26 Å². The van der Waals surface area contributed by atoms with E-state index in [0.29, 0.717) is 10.0 Å². The molecular formula is C21H16F3N3OS2. The minimum Gasteiger partial charge on any atom is -0.305 e. The predicted molar refractivity (Wildman–Crippen MR) is 115 cm³/mol. The number of alkyl halides is 3. The molecule has 0 bridgehead atoms. The van der Waals surface area contributed by atoms with Gasteiger partial charge >= 0.3 is 6.18 Å². The van der Waals surface area contributed by atoms with E-state index in [2.05, 4.69) is 17.6 Å². The van der Waals surface area contributed by atoms with Crippen molar-refractivity contribution >= 4 is 51.9 Å². The Bertz CT molecular complexity index is 1180. The second-order valence-corrected chi connectivity index (χ2v) is 8.47. The Morgan fingerprint density at radius 2 is 2.00 bits per heavy atom. The van der Waals surface area contributed by atoms with E-state index in [9.17, 15) is 23.2 Å². The molecule has 3 aromatic rings. The molecule has 0 aliphatic rings. The smallest absolute Gasteiger partial charge is 0.305 e. The van der Waals surface area contributed by atoms with Gasteiger partial charge in [0, 0.05) is 11.7 Å². The fraction of sp³-hybridized carbons (Fsp3) is 0.190. The number of halogens is 3. The summed E-state index contributed by atoms with van der Waals surface area (Å²) in [6.07, 6.45) is -3.34. The Labute approximate surface area is 180 Å². The number of thiazole rings is 1. The first-order valence-electron chi connectivity index (χ1n) is 8.82. The molecule has 1 amide bonds. The molecule has 0 saturated carbocycles. The average molecular weight is 448 g/mol.